The molecule has 2 aromatic rings. The van der Waals surface area contributed by atoms with Crippen LogP contribution in [-0.4, -0.2) is 61.6 Å². The van der Waals surface area contributed by atoms with E-state index < -0.39 is 11.8 Å². The van der Waals surface area contributed by atoms with E-state index >= 15 is 0 Å². The minimum absolute atomic E-state index is 0.277. The lowest BCUT2D eigenvalue weighted by Crippen LogP contribution is -2.42. The zero-order chi connectivity index (χ0) is 24.6. The normalized spacial score (nSPS) is 22.1. The molecule has 0 unspecified atom stereocenters. The molecule has 3 heterocycles. The van der Waals surface area contributed by atoms with Crippen molar-refractivity contribution in [3.63, 3.8) is 0 Å². The monoisotopic (exact) mass is 489 g/mol. The van der Waals surface area contributed by atoms with Crippen molar-refractivity contribution in [2.24, 2.45) is 5.92 Å². The van der Waals surface area contributed by atoms with Gasteiger partial charge in [-0.3, -0.25) is 0 Å². The molecule has 4 rings (SSSR count). The van der Waals surface area contributed by atoms with E-state index in [0.29, 0.717) is 48.1 Å². The van der Waals surface area contributed by atoms with E-state index in [-0.39, 0.29) is 11.7 Å². The van der Waals surface area contributed by atoms with Gasteiger partial charge in [-0.2, -0.15) is 4.39 Å². The van der Waals surface area contributed by atoms with E-state index in [0.717, 1.165) is 51.7 Å². The van der Waals surface area contributed by atoms with Gasteiger partial charge in [-0.05, 0) is 63.5 Å². The lowest BCUT2D eigenvalue weighted by Gasteiger charge is -2.31. The predicted octanol–water partition coefficient (Wildman–Crippen LogP) is 4.61. The van der Waals surface area contributed by atoms with Crippen molar-refractivity contribution in [1.82, 2.24) is 15.3 Å². The summed E-state index contributed by atoms with van der Waals surface area (Å²) in [6, 6.07) is 4.41. The molecule has 1 atom stereocenters. The van der Waals surface area contributed by atoms with Crippen molar-refractivity contribution in [2.45, 2.75) is 63.6 Å². The molecule has 0 radical (unpaired) electrons. The molecule has 1 aliphatic carbocycles. The maximum absolute atomic E-state index is 14.7. The van der Waals surface area contributed by atoms with E-state index in [1.54, 1.807) is 19.2 Å². The van der Waals surface area contributed by atoms with Gasteiger partial charge in [-0.1, -0.05) is 0 Å². The number of nitrogens with zero attached hydrogens (tertiary/aromatic N) is 2. The lowest BCUT2D eigenvalue weighted by atomic mass is 9.90. The van der Waals surface area contributed by atoms with Crippen LogP contribution < -0.4 is 16.0 Å². The topological polar surface area (TPSA) is 80.3 Å². The van der Waals surface area contributed by atoms with E-state index in [1.165, 1.54) is 12.4 Å². The Kier molecular flexibility index (Phi) is 9.23. The largest absolute Gasteiger partial charge is 0.383 e. The van der Waals surface area contributed by atoms with Crippen LogP contribution in [0.5, 0.6) is 0 Å². The molecule has 9 heteroatoms. The van der Waals surface area contributed by atoms with Gasteiger partial charge in [0.1, 0.15) is 11.6 Å². The SMILES string of the molecule is COC[C@@H](C)NC1CCC(Nc2cc(-c3cnc(F)c(NCC4CCOCC4)c3)c(F)cn2)CC1. The minimum atomic E-state index is -0.584. The van der Waals surface area contributed by atoms with E-state index in [9.17, 15) is 8.78 Å². The summed E-state index contributed by atoms with van der Waals surface area (Å²) >= 11 is 0. The number of rotatable bonds is 10. The molecule has 0 spiro atoms. The Morgan fingerprint density at radius 1 is 1.03 bits per heavy atom. The van der Waals surface area contributed by atoms with E-state index in [1.807, 2.05) is 0 Å². The molecule has 2 aliphatic rings. The number of pyridine rings is 2. The van der Waals surface area contributed by atoms with Crippen LogP contribution in [0.1, 0.15) is 45.4 Å². The number of methoxy groups -OCH3 is 1. The lowest BCUT2D eigenvalue weighted by molar-refractivity contribution is 0.0699. The second-order valence-electron chi connectivity index (χ2n) is 9.76. The average Bonchev–Trinajstić information content (AvgIpc) is 2.87. The zero-order valence-electron chi connectivity index (χ0n) is 20.7. The molecule has 1 saturated carbocycles. The first-order chi connectivity index (χ1) is 17.0. The molecule has 0 bridgehead atoms. The van der Waals surface area contributed by atoms with Crippen molar-refractivity contribution in [1.29, 1.82) is 0 Å². The highest BCUT2D eigenvalue weighted by molar-refractivity contribution is 5.69. The second-order valence-corrected chi connectivity index (χ2v) is 9.76. The van der Waals surface area contributed by atoms with E-state index in [2.05, 4.69) is 32.8 Å². The van der Waals surface area contributed by atoms with Crippen LogP contribution in [0.2, 0.25) is 0 Å². The van der Waals surface area contributed by atoms with Crippen molar-refractivity contribution in [3.05, 3.63) is 36.3 Å². The molecule has 0 aromatic carbocycles. The molecule has 0 amide bonds. The highest BCUT2D eigenvalue weighted by atomic mass is 19.1. The number of halogens is 2. The Balaban J connectivity index is 1.37. The number of ether oxygens (including phenoxy) is 2. The summed E-state index contributed by atoms with van der Waals surface area (Å²) < 4.78 is 39.7. The predicted molar refractivity (Wildman–Crippen MR) is 134 cm³/mol. The molecule has 3 N–H and O–H groups in total. The van der Waals surface area contributed by atoms with Crippen molar-refractivity contribution in [2.75, 3.05) is 44.1 Å². The minimum Gasteiger partial charge on any atom is -0.383 e. The smallest absolute Gasteiger partial charge is 0.236 e. The Labute approximate surface area is 206 Å². The number of aromatic nitrogens is 2. The van der Waals surface area contributed by atoms with Crippen LogP contribution in [0.25, 0.3) is 11.1 Å². The molecule has 7 nitrogen and oxygen atoms in total. The van der Waals surface area contributed by atoms with Crippen molar-refractivity contribution < 1.29 is 18.3 Å². The van der Waals surface area contributed by atoms with Crippen molar-refractivity contribution in [3.8, 4) is 11.1 Å². The molecule has 192 valence electrons. The first-order valence-electron chi connectivity index (χ1n) is 12.7. The molecule has 1 aliphatic heterocycles. The number of nitrogens with one attached hydrogen (secondary N) is 3. The van der Waals surface area contributed by atoms with Gasteiger partial charge in [0, 0.05) is 62.3 Å². The summed E-state index contributed by atoms with van der Waals surface area (Å²) in [5.41, 5.74) is 1.16. The third-order valence-electron chi connectivity index (χ3n) is 6.94. The van der Waals surface area contributed by atoms with Gasteiger partial charge < -0.3 is 25.4 Å². The van der Waals surface area contributed by atoms with Crippen LogP contribution in [0.3, 0.4) is 0 Å². The summed E-state index contributed by atoms with van der Waals surface area (Å²) in [6.07, 6.45) is 8.60. The van der Waals surface area contributed by atoms with Crippen LogP contribution >= 0.6 is 0 Å². The van der Waals surface area contributed by atoms with Crippen LogP contribution in [0.4, 0.5) is 20.3 Å². The van der Waals surface area contributed by atoms with Gasteiger partial charge in [0.2, 0.25) is 5.95 Å². The highest BCUT2D eigenvalue weighted by Crippen LogP contribution is 2.29. The summed E-state index contributed by atoms with van der Waals surface area (Å²) in [5.74, 6) is -0.00136. The number of anilines is 2. The van der Waals surface area contributed by atoms with Crippen LogP contribution in [-0.2, 0) is 9.47 Å². The number of hydrogen-bond acceptors (Lipinski definition) is 7. The third-order valence-corrected chi connectivity index (χ3v) is 6.94. The Morgan fingerprint density at radius 3 is 2.51 bits per heavy atom. The average molecular weight is 490 g/mol. The van der Waals surface area contributed by atoms with Gasteiger partial charge in [0.05, 0.1) is 18.5 Å². The first-order valence-corrected chi connectivity index (χ1v) is 12.7. The van der Waals surface area contributed by atoms with Gasteiger partial charge in [-0.15, -0.1) is 0 Å². The highest BCUT2D eigenvalue weighted by Gasteiger charge is 2.23. The zero-order valence-corrected chi connectivity index (χ0v) is 20.7. The van der Waals surface area contributed by atoms with Crippen LogP contribution in [0, 0.1) is 17.7 Å². The Hall–Kier alpha value is -2.36. The summed E-state index contributed by atoms with van der Waals surface area (Å²) in [5, 5.41) is 10.2. The van der Waals surface area contributed by atoms with Gasteiger partial charge in [0.25, 0.3) is 0 Å². The molecular formula is C26H37F2N5O2. The Morgan fingerprint density at radius 2 is 1.77 bits per heavy atom. The van der Waals surface area contributed by atoms with Gasteiger partial charge in [0.15, 0.2) is 0 Å². The van der Waals surface area contributed by atoms with Gasteiger partial charge in [-0.25, -0.2) is 14.4 Å². The quantitative estimate of drug-likeness (QED) is 0.421. The fourth-order valence-corrected chi connectivity index (χ4v) is 4.98. The standard InChI is InChI=1S/C26H37F2N5O2/c1-17(16-34-2)32-20-3-5-21(6-4-20)33-25-12-22(23(27)15-30-25)19-11-24(26(28)31-14-19)29-13-18-7-9-35-10-8-18/h11-12,14-15,17-18,20-21,29,32H,3-10,13,16H2,1-2H3,(H,30,33)/t17-,20?,21?/m1/s1. The summed E-state index contributed by atoms with van der Waals surface area (Å²) in [6.45, 7) is 4.94. The number of hydrogen-bond donors (Lipinski definition) is 3. The fourth-order valence-electron chi connectivity index (χ4n) is 4.98. The molecule has 2 fully saturated rings. The summed E-state index contributed by atoms with van der Waals surface area (Å²) in [7, 11) is 1.72. The summed E-state index contributed by atoms with van der Waals surface area (Å²) in [4.78, 5) is 8.12. The molecule has 1 saturated heterocycles. The molecule has 35 heavy (non-hydrogen) atoms. The molecule has 2 aromatic heterocycles. The maximum atomic E-state index is 14.7. The fraction of sp³-hybridized carbons (Fsp3) is 0.615. The van der Waals surface area contributed by atoms with Crippen molar-refractivity contribution >= 4 is 11.5 Å². The van der Waals surface area contributed by atoms with E-state index in [4.69, 9.17) is 9.47 Å². The first kappa shape index (κ1) is 25.7. The third kappa shape index (κ3) is 7.32. The maximum Gasteiger partial charge on any atom is 0.236 e. The second kappa shape index (κ2) is 12.6. The Bertz CT molecular complexity index is 949. The van der Waals surface area contributed by atoms with Gasteiger partial charge >= 0.3 is 0 Å². The molecular weight excluding hydrogens is 452 g/mol. The van der Waals surface area contributed by atoms with Crippen LogP contribution in [0.15, 0.2) is 24.5 Å².